The predicted octanol–water partition coefficient (Wildman–Crippen LogP) is 4.16. The number of aromatic nitrogens is 1. The molecule has 1 aromatic carbocycles. The summed E-state index contributed by atoms with van der Waals surface area (Å²) in [7, 11) is 0. The van der Waals surface area contributed by atoms with Crippen molar-refractivity contribution in [3.63, 3.8) is 0 Å². The van der Waals surface area contributed by atoms with Crippen molar-refractivity contribution < 1.29 is 14.3 Å². The third kappa shape index (κ3) is 4.26. The van der Waals surface area contributed by atoms with E-state index in [-0.39, 0.29) is 23.9 Å². The lowest BCUT2D eigenvalue weighted by atomic mass is 10.0. The number of ether oxygens (including phenoxy) is 1. The molecule has 0 aliphatic carbocycles. The molecule has 31 heavy (non-hydrogen) atoms. The van der Waals surface area contributed by atoms with Gasteiger partial charge in [0.15, 0.2) is 0 Å². The Bertz CT molecular complexity index is 935. The molecule has 1 fully saturated rings. The second-order valence-electron chi connectivity index (χ2n) is 8.89. The topological polar surface area (TPSA) is 63.6 Å². The van der Waals surface area contributed by atoms with Gasteiger partial charge >= 0.3 is 0 Å². The van der Waals surface area contributed by atoms with E-state index in [1.54, 1.807) is 6.07 Å². The van der Waals surface area contributed by atoms with Crippen molar-refractivity contribution in [2.75, 3.05) is 13.2 Å². The quantitative estimate of drug-likeness (QED) is 0.759. The number of nitrogens with zero attached hydrogens (tertiary/aromatic N) is 2. The van der Waals surface area contributed by atoms with Crippen LogP contribution in [-0.4, -0.2) is 40.5 Å². The van der Waals surface area contributed by atoms with Gasteiger partial charge in [0.05, 0.1) is 30.5 Å². The summed E-state index contributed by atoms with van der Waals surface area (Å²) in [5.74, 6) is 0.305. The van der Waals surface area contributed by atoms with Gasteiger partial charge in [0.2, 0.25) is 0 Å². The molecular formula is C25H33N3O3. The first kappa shape index (κ1) is 21.6. The maximum atomic E-state index is 13.5. The molecule has 0 unspecified atom stereocenters. The van der Waals surface area contributed by atoms with Crippen LogP contribution in [0.4, 0.5) is 0 Å². The van der Waals surface area contributed by atoms with Crippen LogP contribution in [0.25, 0.3) is 0 Å². The highest BCUT2D eigenvalue weighted by atomic mass is 16.5. The summed E-state index contributed by atoms with van der Waals surface area (Å²) in [6, 6.07) is 12.0. The number of carbonyl (C=O) groups is 2. The lowest BCUT2D eigenvalue weighted by molar-refractivity contribution is 0.0662. The van der Waals surface area contributed by atoms with Crippen LogP contribution in [0.5, 0.6) is 0 Å². The summed E-state index contributed by atoms with van der Waals surface area (Å²) in [5, 5.41) is 3.17. The van der Waals surface area contributed by atoms with Gasteiger partial charge < -0.3 is 19.5 Å². The van der Waals surface area contributed by atoms with E-state index in [1.165, 1.54) is 0 Å². The van der Waals surface area contributed by atoms with Crippen molar-refractivity contribution in [3.05, 3.63) is 58.9 Å². The fraction of sp³-hybridized carbons (Fsp3) is 0.520. The number of likely N-dealkylation sites (tertiary alicyclic amines) is 1. The van der Waals surface area contributed by atoms with Gasteiger partial charge in [0.1, 0.15) is 5.69 Å². The molecule has 1 aromatic heterocycles. The van der Waals surface area contributed by atoms with E-state index in [2.05, 4.69) is 26.1 Å². The molecule has 4 rings (SSSR count). The van der Waals surface area contributed by atoms with Crippen LogP contribution in [0.2, 0.25) is 0 Å². The Hall–Kier alpha value is -2.60. The van der Waals surface area contributed by atoms with E-state index in [0.717, 1.165) is 37.1 Å². The van der Waals surface area contributed by atoms with E-state index in [4.69, 9.17) is 4.74 Å². The Balaban J connectivity index is 1.62. The molecule has 2 amide bonds. The van der Waals surface area contributed by atoms with Gasteiger partial charge in [-0.3, -0.25) is 9.59 Å². The van der Waals surface area contributed by atoms with Crippen LogP contribution in [-0.2, 0) is 17.9 Å². The lowest BCUT2D eigenvalue weighted by Crippen LogP contribution is -2.39. The second-order valence-corrected chi connectivity index (χ2v) is 8.89. The minimum absolute atomic E-state index is 0.0274. The highest BCUT2D eigenvalue weighted by molar-refractivity contribution is 6.01. The van der Waals surface area contributed by atoms with Crippen LogP contribution in [0.3, 0.4) is 0 Å². The summed E-state index contributed by atoms with van der Waals surface area (Å²) >= 11 is 0. The Kier molecular flexibility index (Phi) is 6.46. The molecule has 6 nitrogen and oxygen atoms in total. The van der Waals surface area contributed by atoms with Gasteiger partial charge in [-0.15, -0.1) is 0 Å². The Morgan fingerprint density at radius 3 is 2.68 bits per heavy atom. The Labute approximate surface area is 184 Å². The predicted molar refractivity (Wildman–Crippen MR) is 120 cm³/mol. The zero-order chi connectivity index (χ0) is 22.0. The Morgan fingerprint density at radius 1 is 1.19 bits per heavy atom. The minimum atomic E-state index is -0.139. The van der Waals surface area contributed by atoms with Gasteiger partial charge in [-0.25, -0.2) is 0 Å². The second kappa shape index (κ2) is 9.27. The van der Waals surface area contributed by atoms with Crippen molar-refractivity contribution in [1.82, 2.24) is 14.8 Å². The van der Waals surface area contributed by atoms with E-state index < -0.39 is 0 Å². The van der Waals surface area contributed by atoms with Crippen LogP contribution in [0.1, 0.15) is 78.2 Å². The molecule has 6 heteroatoms. The van der Waals surface area contributed by atoms with Gasteiger partial charge in [0, 0.05) is 19.1 Å². The zero-order valence-corrected chi connectivity index (χ0v) is 18.8. The fourth-order valence-electron chi connectivity index (χ4n) is 4.93. The monoisotopic (exact) mass is 423 g/mol. The molecule has 0 spiro atoms. The lowest BCUT2D eigenvalue weighted by Gasteiger charge is -2.28. The molecular weight excluding hydrogens is 390 g/mol. The highest BCUT2D eigenvalue weighted by Crippen LogP contribution is 2.29. The summed E-state index contributed by atoms with van der Waals surface area (Å²) in [4.78, 5) is 28.8. The van der Waals surface area contributed by atoms with Gasteiger partial charge in [-0.2, -0.15) is 0 Å². The largest absolute Gasteiger partial charge is 0.373 e. The van der Waals surface area contributed by atoms with Crippen LogP contribution < -0.4 is 5.32 Å². The number of carbonyl (C=O) groups excluding carboxylic acids is 2. The van der Waals surface area contributed by atoms with E-state index in [0.29, 0.717) is 36.9 Å². The molecule has 1 saturated heterocycles. The number of hydrogen-bond acceptors (Lipinski definition) is 3. The number of nitrogens with one attached hydrogen (secondary N) is 1. The highest BCUT2D eigenvalue weighted by Gasteiger charge is 2.35. The molecule has 166 valence electrons. The first-order valence-corrected chi connectivity index (χ1v) is 11.5. The smallest absolute Gasteiger partial charge is 0.268 e. The van der Waals surface area contributed by atoms with Crippen molar-refractivity contribution in [3.8, 4) is 0 Å². The van der Waals surface area contributed by atoms with E-state index in [9.17, 15) is 9.59 Å². The fourth-order valence-corrected chi connectivity index (χ4v) is 4.93. The number of amides is 2. The molecule has 2 aliphatic heterocycles. The molecule has 0 bridgehead atoms. The summed E-state index contributed by atoms with van der Waals surface area (Å²) in [5.41, 5.74) is 3.07. The third-order valence-electron chi connectivity index (χ3n) is 6.61. The molecule has 2 atom stereocenters. The summed E-state index contributed by atoms with van der Waals surface area (Å²) in [6.45, 7) is 8.67. The first-order chi connectivity index (χ1) is 15.0. The average molecular weight is 424 g/mol. The van der Waals surface area contributed by atoms with Crippen LogP contribution in [0.15, 0.2) is 36.4 Å². The molecule has 0 radical (unpaired) electrons. The first-order valence-electron chi connectivity index (χ1n) is 11.5. The van der Waals surface area contributed by atoms with Crippen molar-refractivity contribution >= 4 is 11.8 Å². The number of benzene rings is 1. The average Bonchev–Trinajstić information content (AvgIpc) is 3.43. The van der Waals surface area contributed by atoms with Crippen LogP contribution in [0, 0.1) is 5.92 Å². The standard InChI is InChI=1S/C25H33N3O3/c1-4-20(18-9-6-5-7-10-18)26-24(29)22-15-19(23-16-31-14-13-27(22)23)25(30)28-12-8-11-21(28)17(2)3/h5-7,9-10,15,17,20-21H,4,8,11-14,16H2,1-3H3,(H,26,29)/t20-,21-/m1/s1. The molecule has 3 heterocycles. The zero-order valence-electron chi connectivity index (χ0n) is 18.8. The summed E-state index contributed by atoms with van der Waals surface area (Å²) < 4.78 is 7.64. The van der Waals surface area contributed by atoms with Crippen molar-refractivity contribution in [1.29, 1.82) is 0 Å². The van der Waals surface area contributed by atoms with Crippen molar-refractivity contribution in [2.45, 2.75) is 65.3 Å². The summed E-state index contributed by atoms with van der Waals surface area (Å²) in [6.07, 6.45) is 2.87. The molecule has 2 aliphatic rings. The normalized spacial score (nSPS) is 19.4. The van der Waals surface area contributed by atoms with Crippen molar-refractivity contribution in [2.24, 2.45) is 5.92 Å². The maximum Gasteiger partial charge on any atom is 0.268 e. The maximum absolute atomic E-state index is 13.5. The van der Waals surface area contributed by atoms with Crippen LogP contribution >= 0.6 is 0 Å². The molecule has 1 N–H and O–H groups in total. The Morgan fingerprint density at radius 2 is 1.97 bits per heavy atom. The van der Waals surface area contributed by atoms with Gasteiger partial charge in [-0.05, 0) is 36.8 Å². The number of hydrogen-bond donors (Lipinski definition) is 1. The number of fused-ring (bicyclic) bond motifs is 1. The van der Waals surface area contributed by atoms with Gasteiger partial charge in [0.25, 0.3) is 11.8 Å². The molecule has 0 saturated carbocycles. The SMILES string of the molecule is CC[C@@H](NC(=O)c1cc(C(=O)N2CCC[C@@H]2C(C)C)c2n1CCOC2)c1ccccc1. The van der Waals surface area contributed by atoms with E-state index in [1.807, 2.05) is 39.8 Å². The van der Waals surface area contributed by atoms with E-state index >= 15 is 0 Å². The van der Waals surface area contributed by atoms with Gasteiger partial charge in [-0.1, -0.05) is 51.1 Å². The number of rotatable bonds is 6. The third-order valence-corrected chi connectivity index (χ3v) is 6.61. The minimum Gasteiger partial charge on any atom is -0.373 e. The molecule has 2 aromatic rings.